The SMILES string of the molecule is Cn1cnc(CCCOc2ccc(C(=O)NCC(NS(=O)(=O)c3ccccc3)C(=O)O)cc2)c1. The number of carboxylic acids is 1. The largest absolute Gasteiger partial charge is 0.494 e. The summed E-state index contributed by atoms with van der Waals surface area (Å²) in [5.41, 5.74) is 1.28. The van der Waals surface area contributed by atoms with Gasteiger partial charge in [-0.15, -0.1) is 0 Å². The molecule has 0 spiro atoms. The maximum atomic E-state index is 12.4. The smallest absolute Gasteiger partial charge is 0.323 e. The van der Waals surface area contributed by atoms with Crippen molar-refractivity contribution in [1.82, 2.24) is 19.6 Å². The summed E-state index contributed by atoms with van der Waals surface area (Å²) in [5, 5.41) is 11.8. The number of rotatable bonds is 12. The van der Waals surface area contributed by atoms with Gasteiger partial charge >= 0.3 is 5.97 Å². The predicted octanol–water partition coefficient (Wildman–Crippen LogP) is 1.59. The molecule has 1 heterocycles. The number of hydrogen-bond donors (Lipinski definition) is 3. The van der Waals surface area contributed by atoms with Crippen LogP contribution < -0.4 is 14.8 Å². The molecular formula is C23H26N4O6S. The summed E-state index contributed by atoms with van der Waals surface area (Å²) in [6, 6.07) is 12.2. The molecule has 1 unspecified atom stereocenters. The van der Waals surface area contributed by atoms with E-state index in [2.05, 4.69) is 15.0 Å². The van der Waals surface area contributed by atoms with E-state index in [0.717, 1.165) is 18.5 Å². The van der Waals surface area contributed by atoms with Crippen LogP contribution >= 0.6 is 0 Å². The van der Waals surface area contributed by atoms with Gasteiger partial charge in [-0.2, -0.15) is 4.72 Å². The van der Waals surface area contributed by atoms with Crippen molar-refractivity contribution in [3.63, 3.8) is 0 Å². The van der Waals surface area contributed by atoms with Gasteiger partial charge in [-0.1, -0.05) is 18.2 Å². The number of benzene rings is 2. The van der Waals surface area contributed by atoms with Gasteiger partial charge in [0.05, 0.1) is 23.5 Å². The summed E-state index contributed by atoms with van der Waals surface area (Å²) in [6.07, 6.45) is 5.28. The fourth-order valence-corrected chi connectivity index (χ4v) is 4.28. The molecule has 0 aliphatic heterocycles. The molecule has 10 nitrogen and oxygen atoms in total. The third-order valence-corrected chi connectivity index (χ3v) is 6.32. The second-order valence-corrected chi connectivity index (χ2v) is 9.26. The van der Waals surface area contributed by atoms with E-state index in [1.54, 1.807) is 36.7 Å². The molecule has 0 bridgehead atoms. The lowest BCUT2D eigenvalue weighted by atomic mass is 10.2. The van der Waals surface area contributed by atoms with E-state index in [1.807, 2.05) is 17.8 Å². The molecule has 34 heavy (non-hydrogen) atoms. The highest BCUT2D eigenvalue weighted by molar-refractivity contribution is 7.89. The molecule has 0 fully saturated rings. The van der Waals surface area contributed by atoms with E-state index in [1.165, 1.54) is 24.3 Å². The molecule has 1 aromatic heterocycles. The highest BCUT2D eigenvalue weighted by Gasteiger charge is 2.26. The summed E-state index contributed by atoms with van der Waals surface area (Å²) < 4.78 is 34.4. The third-order valence-electron chi connectivity index (χ3n) is 4.84. The molecular weight excluding hydrogens is 460 g/mol. The fourth-order valence-electron chi connectivity index (χ4n) is 3.07. The van der Waals surface area contributed by atoms with Gasteiger partial charge in [0.15, 0.2) is 0 Å². The highest BCUT2D eigenvalue weighted by Crippen LogP contribution is 2.13. The Labute approximate surface area is 197 Å². The van der Waals surface area contributed by atoms with Crippen molar-refractivity contribution in [2.75, 3.05) is 13.2 Å². The van der Waals surface area contributed by atoms with E-state index >= 15 is 0 Å². The monoisotopic (exact) mass is 486 g/mol. The van der Waals surface area contributed by atoms with Crippen molar-refractivity contribution in [3.8, 4) is 5.75 Å². The molecule has 1 atom stereocenters. The molecule has 3 rings (SSSR count). The number of sulfonamides is 1. The van der Waals surface area contributed by atoms with Gasteiger partial charge in [0.25, 0.3) is 5.91 Å². The number of hydrogen-bond acceptors (Lipinski definition) is 6. The Morgan fingerprint density at radius 2 is 1.82 bits per heavy atom. The van der Waals surface area contributed by atoms with Crippen LogP contribution in [0.5, 0.6) is 5.75 Å². The minimum absolute atomic E-state index is 0.0665. The minimum atomic E-state index is -4.05. The standard InChI is InChI=1S/C23H26N4O6S/c1-27-15-18(25-16-27)6-5-13-33-19-11-9-17(10-12-19)22(28)24-14-21(23(29)30)26-34(31,32)20-7-3-2-4-8-20/h2-4,7-12,15-16,21,26H,5-6,13-14H2,1H3,(H,24,28)(H,29,30). The summed E-state index contributed by atoms with van der Waals surface area (Å²) in [5.74, 6) is -1.35. The zero-order valence-electron chi connectivity index (χ0n) is 18.5. The van der Waals surface area contributed by atoms with Crippen LogP contribution in [0.1, 0.15) is 22.5 Å². The van der Waals surface area contributed by atoms with Crippen molar-refractivity contribution in [3.05, 3.63) is 78.4 Å². The van der Waals surface area contributed by atoms with Crippen molar-refractivity contribution < 1.29 is 27.9 Å². The molecule has 180 valence electrons. The first-order valence-corrected chi connectivity index (χ1v) is 12.0. The van der Waals surface area contributed by atoms with Crippen LogP contribution in [0, 0.1) is 0 Å². The van der Waals surface area contributed by atoms with Gasteiger partial charge in [0.2, 0.25) is 10.0 Å². The first kappa shape index (κ1) is 24.9. The lowest BCUT2D eigenvalue weighted by Crippen LogP contribution is -2.48. The number of aromatic nitrogens is 2. The summed E-state index contributed by atoms with van der Waals surface area (Å²) >= 11 is 0. The molecule has 0 aliphatic carbocycles. The van der Waals surface area contributed by atoms with Gasteiger partial charge in [-0.05, 0) is 49.2 Å². The number of imidazole rings is 1. The van der Waals surface area contributed by atoms with E-state index in [9.17, 15) is 23.1 Å². The Balaban J connectivity index is 1.48. The van der Waals surface area contributed by atoms with Gasteiger partial charge < -0.3 is 19.7 Å². The molecule has 0 aliphatic rings. The lowest BCUT2D eigenvalue weighted by Gasteiger charge is -2.16. The number of carbonyl (C=O) groups is 2. The molecule has 3 aromatic rings. The zero-order chi connectivity index (χ0) is 24.6. The van der Waals surface area contributed by atoms with E-state index in [4.69, 9.17) is 4.74 Å². The maximum absolute atomic E-state index is 12.4. The van der Waals surface area contributed by atoms with Crippen molar-refractivity contribution >= 4 is 21.9 Å². The van der Waals surface area contributed by atoms with Crippen LogP contribution in [0.2, 0.25) is 0 Å². The Morgan fingerprint density at radius 3 is 2.44 bits per heavy atom. The molecule has 3 N–H and O–H groups in total. The molecule has 0 saturated heterocycles. The summed E-state index contributed by atoms with van der Waals surface area (Å²) in [6.45, 7) is 0.0654. The predicted molar refractivity (Wildman–Crippen MR) is 124 cm³/mol. The van der Waals surface area contributed by atoms with Gasteiger partial charge in [0, 0.05) is 25.4 Å². The second kappa shape index (κ2) is 11.4. The van der Waals surface area contributed by atoms with Crippen LogP contribution in [-0.2, 0) is 28.3 Å². The van der Waals surface area contributed by atoms with Crippen LogP contribution in [-0.4, -0.2) is 54.1 Å². The van der Waals surface area contributed by atoms with Crippen molar-refractivity contribution in [2.45, 2.75) is 23.8 Å². The average Bonchev–Trinajstić information content (AvgIpc) is 3.25. The molecule has 0 saturated carbocycles. The van der Waals surface area contributed by atoms with Gasteiger partial charge in [-0.3, -0.25) is 9.59 Å². The Hall–Kier alpha value is -3.70. The third kappa shape index (κ3) is 7.15. The number of nitrogens with one attached hydrogen (secondary N) is 2. The number of amides is 1. The van der Waals surface area contributed by atoms with Crippen LogP contribution in [0.3, 0.4) is 0 Å². The lowest BCUT2D eigenvalue weighted by molar-refractivity contribution is -0.138. The molecule has 2 aromatic carbocycles. The number of aryl methyl sites for hydroxylation is 2. The summed E-state index contributed by atoms with van der Waals surface area (Å²) in [4.78, 5) is 28.1. The number of nitrogens with zero attached hydrogens (tertiary/aromatic N) is 2. The Bertz CT molecular complexity index is 1210. The topological polar surface area (TPSA) is 140 Å². The van der Waals surface area contributed by atoms with Crippen LogP contribution in [0.4, 0.5) is 0 Å². The first-order chi connectivity index (χ1) is 16.2. The minimum Gasteiger partial charge on any atom is -0.494 e. The van der Waals surface area contributed by atoms with Crippen molar-refractivity contribution in [2.24, 2.45) is 7.05 Å². The highest BCUT2D eigenvalue weighted by atomic mass is 32.2. The second-order valence-electron chi connectivity index (χ2n) is 7.54. The summed E-state index contributed by atoms with van der Waals surface area (Å²) in [7, 11) is -2.14. The van der Waals surface area contributed by atoms with Crippen LogP contribution in [0.15, 0.2) is 72.0 Å². The average molecular weight is 487 g/mol. The number of aliphatic carboxylic acids is 1. The Morgan fingerprint density at radius 1 is 1.12 bits per heavy atom. The Kier molecular flexibility index (Phi) is 8.39. The van der Waals surface area contributed by atoms with Gasteiger partial charge in [0.1, 0.15) is 11.8 Å². The fraction of sp³-hybridized carbons (Fsp3) is 0.261. The quantitative estimate of drug-likeness (QED) is 0.330. The molecule has 0 radical (unpaired) electrons. The van der Waals surface area contributed by atoms with Crippen molar-refractivity contribution in [1.29, 1.82) is 0 Å². The maximum Gasteiger partial charge on any atom is 0.323 e. The number of carbonyl (C=O) groups excluding carboxylic acids is 1. The first-order valence-electron chi connectivity index (χ1n) is 10.5. The normalized spacial score (nSPS) is 12.1. The number of ether oxygens (including phenoxy) is 1. The van der Waals surface area contributed by atoms with E-state index in [-0.39, 0.29) is 10.5 Å². The molecule has 11 heteroatoms. The molecule has 1 amide bonds. The van der Waals surface area contributed by atoms with Gasteiger partial charge in [-0.25, -0.2) is 13.4 Å². The van der Waals surface area contributed by atoms with E-state index in [0.29, 0.717) is 12.4 Å². The zero-order valence-corrected chi connectivity index (χ0v) is 19.4. The van der Waals surface area contributed by atoms with E-state index < -0.39 is 34.5 Å². The number of carboxylic acid groups (broad SMARTS) is 1. The van der Waals surface area contributed by atoms with Crippen LogP contribution in [0.25, 0.3) is 0 Å².